The normalized spacial score (nSPS) is 27.1. The Kier molecular flexibility index (Phi) is 15.0. The second-order valence-electron chi connectivity index (χ2n) is 22.7. The summed E-state index contributed by atoms with van der Waals surface area (Å²) in [5, 5.41) is 13.3. The van der Waals surface area contributed by atoms with Crippen molar-refractivity contribution in [3.8, 4) is 0 Å². The van der Waals surface area contributed by atoms with Gasteiger partial charge in [-0.15, -0.1) is 0 Å². The molecule has 4 fully saturated rings. The third kappa shape index (κ3) is 11.6. The van der Waals surface area contributed by atoms with E-state index in [0.29, 0.717) is 17.4 Å². The first-order chi connectivity index (χ1) is 34.8. The van der Waals surface area contributed by atoms with Crippen LogP contribution in [0.15, 0.2) is 132 Å². The molecule has 0 bridgehead atoms. The zero-order valence-corrected chi connectivity index (χ0v) is 43.4. The molecule has 386 valence electrons. The summed E-state index contributed by atoms with van der Waals surface area (Å²) in [7, 11) is 1.57. The summed E-state index contributed by atoms with van der Waals surface area (Å²) in [4.78, 5) is 58.1. The van der Waals surface area contributed by atoms with Crippen molar-refractivity contribution < 1.29 is 48.0 Å². The van der Waals surface area contributed by atoms with Crippen molar-refractivity contribution in [2.45, 2.75) is 153 Å². The van der Waals surface area contributed by atoms with Gasteiger partial charge in [0, 0.05) is 43.0 Å². The zero-order chi connectivity index (χ0) is 51.7. The number of rotatable bonds is 15. The van der Waals surface area contributed by atoms with Crippen LogP contribution in [-0.4, -0.2) is 95.1 Å². The van der Waals surface area contributed by atoms with Crippen molar-refractivity contribution in [3.05, 3.63) is 160 Å². The number of nitrogens with zero attached hydrogens (tertiary/aromatic N) is 1. The number of epoxide rings is 1. The minimum atomic E-state index is -1.42. The third-order valence-electron chi connectivity index (χ3n) is 15.8. The number of likely N-dealkylation sites (N-methyl/N-ethyl adjacent to an activating group) is 1. The largest absolute Gasteiger partial charge is 0.460 e. The van der Waals surface area contributed by atoms with E-state index in [9.17, 15) is 19.5 Å². The molecular formula is C61H72N2O10. The van der Waals surface area contributed by atoms with Crippen molar-refractivity contribution in [1.29, 1.82) is 0 Å². The summed E-state index contributed by atoms with van der Waals surface area (Å²) in [5.41, 5.74) is 4.80. The van der Waals surface area contributed by atoms with Gasteiger partial charge in [-0.25, -0.2) is 4.79 Å². The van der Waals surface area contributed by atoms with E-state index in [2.05, 4.69) is 32.2 Å². The lowest BCUT2D eigenvalue weighted by molar-refractivity contribution is -0.157. The Bertz CT molecular complexity index is 2660. The summed E-state index contributed by atoms with van der Waals surface area (Å²) < 4.78 is 32.3. The lowest BCUT2D eigenvalue weighted by Crippen LogP contribution is -2.53. The van der Waals surface area contributed by atoms with Crippen LogP contribution in [0.2, 0.25) is 0 Å². The molecule has 9 atom stereocenters. The van der Waals surface area contributed by atoms with Gasteiger partial charge in [-0.1, -0.05) is 129 Å². The molecular weight excluding hydrogens is 921 g/mol. The van der Waals surface area contributed by atoms with Crippen LogP contribution >= 0.6 is 0 Å². The van der Waals surface area contributed by atoms with Crippen molar-refractivity contribution in [1.82, 2.24) is 10.2 Å². The van der Waals surface area contributed by atoms with Gasteiger partial charge in [0.15, 0.2) is 0 Å². The van der Waals surface area contributed by atoms with Crippen molar-refractivity contribution in [2.75, 3.05) is 13.7 Å². The molecule has 0 aromatic heterocycles. The number of hydrogen-bond donors (Lipinski definition) is 2. The van der Waals surface area contributed by atoms with Gasteiger partial charge in [0.2, 0.25) is 17.6 Å². The first kappa shape index (κ1) is 52.0. The maximum Gasteiger partial charge on any atom is 0.338 e. The smallest absolute Gasteiger partial charge is 0.338 e. The average Bonchev–Trinajstić information content (AvgIpc) is 3.83. The molecule has 5 aliphatic rings. The molecule has 9 unspecified atom stereocenters. The predicted octanol–water partition coefficient (Wildman–Crippen LogP) is 9.67. The molecule has 4 aromatic carbocycles. The summed E-state index contributed by atoms with van der Waals surface area (Å²) >= 11 is 0. The SMILES string of the molecule is CN(C(=O)C1=CC2OC(c3ccccc3)(c3ccccc3)OC2C(OC(=O)c2cccc(C=C3CCC4OC4(C)CCC4C3CC4(C)C)c2)C1)C(Cc1ccccc1)C(=O)NC(CO)CCC(=O)OC(C)(C)C. The summed E-state index contributed by atoms with van der Waals surface area (Å²) in [6, 6.07) is 34.3. The number of carbonyl (C=O) groups excluding carboxylic acids is 4. The third-order valence-corrected chi connectivity index (χ3v) is 15.8. The molecule has 3 aliphatic carbocycles. The first-order valence-corrected chi connectivity index (χ1v) is 26.2. The van der Waals surface area contributed by atoms with Gasteiger partial charge in [-0.05, 0) is 113 Å². The van der Waals surface area contributed by atoms with Gasteiger partial charge >= 0.3 is 11.9 Å². The quantitative estimate of drug-likeness (QED) is 0.0870. The van der Waals surface area contributed by atoms with Crippen molar-refractivity contribution in [2.24, 2.45) is 17.3 Å². The Labute approximate surface area is 430 Å². The van der Waals surface area contributed by atoms with Gasteiger partial charge in [-0.2, -0.15) is 0 Å². The van der Waals surface area contributed by atoms with E-state index in [0.717, 1.165) is 54.4 Å². The highest BCUT2D eigenvalue weighted by Crippen LogP contribution is 2.60. The van der Waals surface area contributed by atoms with Gasteiger partial charge in [0.05, 0.1) is 29.9 Å². The van der Waals surface area contributed by atoms with Crippen LogP contribution in [0.4, 0.5) is 0 Å². The monoisotopic (exact) mass is 993 g/mol. The van der Waals surface area contributed by atoms with Crippen LogP contribution in [0.25, 0.3) is 6.08 Å². The highest BCUT2D eigenvalue weighted by atomic mass is 16.8. The Morgan fingerprint density at radius 3 is 2.18 bits per heavy atom. The minimum Gasteiger partial charge on any atom is -0.460 e. The maximum atomic E-state index is 15.1. The number of allylic oxidation sites excluding steroid dienone is 1. The highest BCUT2D eigenvalue weighted by Gasteiger charge is 2.57. The highest BCUT2D eigenvalue weighted by molar-refractivity contribution is 5.97. The standard InChI is InChI=1S/C61H72N2O10/c1-58(2,3)72-53(65)29-27-46(38-64)62-55(66)49(34-39-18-11-8-12-19-39)63(7)56(67)43-35-50(54-51(36-43)70-61(73-54,44-22-13-9-14-23-44)45-24-15-10-16-25-45)69-57(68)42-21-17-20-40(33-42)32-41-26-28-52-60(6,71-52)31-30-48-47(41)37-59(48,4)5/h8-25,32-33,36,46-52,54,64H,26-31,34-35,37-38H2,1-7H3,(H,62,66). The molecule has 12 nitrogen and oxygen atoms in total. The van der Waals surface area contributed by atoms with E-state index in [1.807, 2.05) is 109 Å². The van der Waals surface area contributed by atoms with Crippen LogP contribution in [0.3, 0.4) is 0 Å². The second-order valence-corrected chi connectivity index (χ2v) is 22.7. The number of benzene rings is 4. The molecule has 2 saturated carbocycles. The predicted molar refractivity (Wildman–Crippen MR) is 278 cm³/mol. The van der Waals surface area contributed by atoms with Crippen LogP contribution in [0, 0.1) is 17.3 Å². The number of carbonyl (C=O) groups is 4. The fraction of sp³-hybridized carbons (Fsp3) is 0.475. The molecule has 2 N–H and O–H groups in total. The van der Waals surface area contributed by atoms with E-state index in [4.69, 9.17) is 23.7 Å². The number of fused-ring (bicyclic) bond motifs is 3. The number of hydrogen-bond acceptors (Lipinski definition) is 10. The summed E-state index contributed by atoms with van der Waals surface area (Å²) in [6.45, 7) is 11.9. The van der Waals surface area contributed by atoms with Crippen molar-refractivity contribution in [3.63, 3.8) is 0 Å². The minimum absolute atomic E-state index is 0.0214. The van der Waals surface area contributed by atoms with Gasteiger partial charge in [0.1, 0.15) is 30.0 Å². The Balaban J connectivity index is 1.01. The molecule has 4 aromatic rings. The number of aliphatic hydroxyl groups is 1. The number of nitrogens with one attached hydrogen (secondary N) is 1. The molecule has 0 spiro atoms. The van der Waals surface area contributed by atoms with Gasteiger partial charge in [-0.3, -0.25) is 14.4 Å². The first-order valence-electron chi connectivity index (χ1n) is 26.2. The topological polar surface area (TPSA) is 153 Å². The number of aliphatic hydroxyl groups excluding tert-OH is 1. The second kappa shape index (κ2) is 21.1. The van der Waals surface area contributed by atoms with E-state index in [-0.39, 0.29) is 48.4 Å². The van der Waals surface area contributed by atoms with E-state index in [1.165, 1.54) is 10.5 Å². The fourth-order valence-corrected chi connectivity index (χ4v) is 11.8. The fourth-order valence-electron chi connectivity index (χ4n) is 11.8. The summed E-state index contributed by atoms with van der Waals surface area (Å²) in [5.74, 6) is -2.35. The lowest BCUT2D eigenvalue weighted by atomic mass is 9.52. The summed E-state index contributed by atoms with van der Waals surface area (Å²) in [6.07, 6.45) is 7.12. The molecule has 0 radical (unpaired) electrons. The van der Waals surface area contributed by atoms with Crippen LogP contribution < -0.4 is 5.32 Å². The zero-order valence-electron chi connectivity index (χ0n) is 43.4. The molecule has 2 aliphatic heterocycles. The van der Waals surface area contributed by atoms with Gasteiger partial charge in [0.25, 0.3) is 0 Å². The Morgan fingerprint density at radius 2 is 1.53 bits per heavy atom. The average molecular weight is 993 g/mol. The lowest BCUT2D eigenvalue weighted by Gasteiger charge is -2.53. The van der Waals surface area contributed by atoms with Crippen LogP contribution in [-0.2, 0) is 50.3 Å². The van der Waals surface area contributed by atoms with E-state index < -0.39 is 72.1 Å². The van der Waals surface area contributed by atoms with E-state index >= 15 is 4.79 Å². The number of ether oxygens (including phenoxy) is 5. The Hall–Kier alpha value is -5.92. The van der Waals surface area contributed by atoms with Crippen LogP contribution in [0.5, 0.6) is 0 Å². The maximum absolute atomic E-state index is 15.1. The Morgan fingerprint density at radius 1 is 0.863 bits per heavy atom. The molecule has 2 saturated heterocycles. The molecule has 12 heteroatoms. The van der Waals surface area contributed by atoms with Crippen molar-refractivity contribution >= 4 is 29.8 Å². The molecule has 2 heterocycles. The van der Waals surface area contributed by atoms with Gasteiger partial charge < -0.3 is 39.0 Å². The van der Waals surface area contributed by atoms with E-state index in [1.54, 1.807) is 40.0 Å². The molecule has 73 heavy (non-hydrogen) atoms. The number of amides is 2. The molecule has 9 rings (SSSR count). The number of esters is 2. The van der Waals surface area contributed by atoms with Crippen LogP contribution in [0.1, 0.15) is 126 Å². The molecule has 2 amide bonds.